The van der Waals surface area contributed by atoms with E-state index in [-0.39, 0.29) is 6.61 Å². The first-order chi connectivity index (χ1) is 10.7. The van der Waals surface area contributed by atoms with Gasteiger partial charge in [-0.1, -0.05) is 58.6 Å². The van der Waals surface area contributed by atoms with Crippen LogP contribution < -0.4 is 0 Å². The van der Waals surface area contributed by atoms with Gasteiger partial charge in [-0.15, -0.1) is 5.10 Å². The summed E-state index contributed by atoms with van der Waals surface area (Å²) >= 11 is 6.94. The van der Waals surface area contributed by atoms with Crippen LogP contribution in [0, 0.1) is 0 Å². The lowest BCUT2D eigenvalue weighted by molar-refractivity contribution is 0.0479. The quantitative estimate of drug-likeness (QED) is 0.672. The summed E-state index contributed by atoms with van der Waals surface area (Å²) in [5, 5.41) is 4.63. The van der Waals surface area contributed by atoms with Gasteiger partial charge in [0.15, 0.2) is 4.88 Å². The summed E-state index contributed by atoms with van der Waals surface area (Å²) in [6, 6.07) is 16.6. The molecule has 22 heavy (non-hydrogen) atoms. The van der Waals surface area contributed by atoms with Crippen molar-refractivity contribution in [1.82, 2.24) is 9.59 Å². The summed E-state index contributed by atoms with van der Waals surface area (Å²) in [7, 11) is 0. The summed E-state index contributed by atoms with van der Waals surface area (Å²) in [6.45, 7) is 0.158. The average Bonchev–Trinajstić information content (AvgIpc) is 3.03. The highest BCUT2D eigenvalue weighted by molar-refractivity contribution is 7.08. The molecule has 0 aliphatic rings. The second-order valence-corrected chi connectivity index (χ2v) is 5.71. The van der Waals surface area contributed by atoms with Crippen LogP contribution in [0.1, 0.15) is 15.2 Å². The van der Waals surface area contributed by atoms with E-state index in [0.29, 0.717) is 15.6 Å². The van der Waals surface area contributed by atoms with Crippen molar-refractivity contribution in [3.05, 3.63) is 70.1 Å². The second-order valence-electron chi connectivity index (χ2n) is 4.52. The van der Waals surface area contributed by atoms with Gasteiger partial charge in [0.05, 0.1) is 0 Å². The second kappa shape index (κ2) is 6.68. The fourth-order valence-corrected chi connectivity index (χ4v) is 2.75. The van der Waals surface area contributed by atoms with E-state index in [2.05, 4.69) is 9.59 Å². The lowest BCUT2D eigenvalue weighted by Gasteiger charge is -2.05. The molecule has 1 aromatic heterocycles. The fourth-order valence-electron chi connectivity index (χ4n) is 1.95. The van der Waals surface area contributed by atoms with Gasteiger partial charge < -0.3 is 4.74 Å². The maximum Gasteiger partial charge on any atom is 0.352 e. The van der Waals surface area contributed by atoms with E-state index < -0.39 is 5.97 Å². The molecule has 0 saturated heterocycles. The number of carbonyl (C=O) groups is 1. The molecule has 0 fully saturated rings. The Bertz CT molecular complexity index is 790. The van der Waals surface area contributed by atoms with Gasteiger partial charge in [-0.3, -0.25) is 0 Å². The van der Waals surface area contributed by atoms with Crippen molar-refractivity contribution in [2.45, 2.75) is 6.61 Å². The lowest BCUT2D eigenvalue weighted by Crippen LogP contribution is -2.05. The van der Waals surface area contributed by atoms with Crippen molar-refractivity contribution < 1.29 is 9.53 Å². The predicted molar refractivity (Wildman–Crippen MR) is 85.9 cm³/mol. The summed E-state index contributed by atoms with van der Waals surface area (Å²) in [5.74, 6) is -0.436. The molecule has 0 radical (unpaired) electrons. The number of esters is 1. The Hall–Kier alpha value is -2.24. The van der Waals surface area contributed by atoms with Crippen molar-refractivity contribution in [1.29, 1.82) is 0 Å². The molecule has 0 atom stereocenters. The highest BCUT2D eigenvalue weighted by Gasteiger charge is 2.19. The minimum absolute atomic E-state index is 0.158. The molecule has 0 spiro atoms. The van der Waals surface area contributed by atoms with Gasteiger partial charge in [-0.25, -0.2) is 4.79 Å². The van der Waals surface area contributed by atoms with Crippen LogP contribution >= 0.6 is 23.1 Å². The molecule has 0 aliphatic heterocycles. The third-order valence-electron chi connectivity index (χ3n) is 2.98. The number of hydrogen-bond donors (Lipinski definition) is 0. The number of rotatable bonds is 4. The molecule has 1 heterocycles. The highest BCUT2D eigenvalue weighted by Crippen LogP contribution is 2.24. The van der Waals surface area contributed by atoms with Gasteiger partial charge >= 0.3 is 5.97 Å². The van der Waals surface area contributed by atoms with Crippen LogP contribution in [-0.4, -0.2) is 15.6 Å². The Labute approximate surface area is 136 Å². The molecule has 2 aromatic carbocycles. The van der Waals surface area contributed by atoms with Crippen molar-refractivity contribution >= 4 is 29.1 Å². The highest BCUT2D eigenvalue weighted by atomic mass is 35.5. The predicted octanol–water partition coefficient (Wildman–Crippen LogP) is 4.22. The van der Waals surface area contributed by atoms with E-state index in [0.717, 1.165) is 22.7 Å². The van der Waals surface area contributed by atoms with E-state index in [1.807, 2.05) is 42.5 Å². The minimum Gasteiger partial charge on any atom is -0.457 e. The Morgan fingerprint density at radius 1 is 1.14 bits per heavy atom. The SMILES string of the molecule is O=C(OCc1cccc(Cl)c1)c1snnc1-c1ccccc1. The molecule has 0 saturated carbocycles. The summed E-state index contributed by atoms with van der Waals surface area (Å²) < 4.78 is 9.18. The van der Waals surface area contributed by atoms with Crippen molar-refractivity contribution in [2.24, 2.45) is 0 Å². The number of hydrogen-bond acceptors (Lipinski definition) is 5. The summed E-state index contributed by atoms with van der Waals surface area (Å²) in [5.41, 5.74) is 2.22. The number of nitrogens with zero attached hydrogens (tertiary/aromatic N) is 2. The summed E-state index contributed by atoms with van der Waals surface area (Å²) in [4.78, 5) is 12.6. The van der Waals surface area contributed by atoms with Gasteiger partial charge in [0.2, 0.25) is 0 Å². The molecule has 0 aliphatic carbocycles. The van der Waals surface area contributed by atoms with Crippen LogP contribution in [-0.2, 0) is 11.3 Å². The summed E-state index contributed by atoms with van der Waals surface area (Å²) in [6.07, 6.45) is 0. The molecule has 6 heteroatoms. The number of aromatic nitrogens is 2. The zero-order chi connectivity index (χ0) is 15.4. The van der Waals surface area contributed by atoms with Crippen LogP contribution in [0.25, 0.3) is 11.3 Å². The number of benzene rings is 2. The van der Waals surface area contributed by atoms with Crippen LogP contribution in [0.2, 0.25) is 5.02 Å². The van der Waals surface area contributed by atoms with E-state index in [1.165, 1.54) is 0 Å². The van der Waals surface area contributed by atoms with Crippen LogP contribution in [0.15, 0.2) is 54.6 Å². The zero-order valence-corrected chi connectivity index (χ0v) is 13.0. The fraction of sp³-hybridized carbons (Fsp3) is 0.0625. The Morgan fingerprint density at radius 3 is 2.73 bits per heavy atom. The lowest BCUT2D eigenvalue weighted by atomic mass is 10.1. The first kappa shape index (κ1) is 14.7. The molecular formula is C16H11ClN2O2S. The first-order valence-corrected chi connectivity index (χ1v) is 7.68. The Balaban J connectivity index is 1.75. The van der Waals surface area contributed by atoms with Gasteiger partial charge in [0.25, 0.3) is 0 Å². The van der Waals surface area contributed by atoms with Gasteiger partial charge in [-0.05, 0) is 29.2 Å². The standard InChI is InChI=1S/C16H11ClN2O2S/c17-13-8-4-5-11(9-13)10-21-16(20)15-14(18-19-22-15)12-6-2-1-3-7-12/h1-9H,10H2. The smallest absolute Gasteiger partial charge is 0.352 e. The molecular weight excluding hydrogens is 320 g/mol. The minimum atomic E-state index is -0.436. The van der Waals surface area contributed by atoms with E-state index in [1.54, 1.807) is 12.1 Å². The molecule has 110 valence electrons. The first-order valence-electron chi connectivity index (χ1n) is 6.53. The topological polar surface area (TPSA) is 52.1 Å². The third-order valence-corrected chi connectivity index (χ3v) is 3.92. The molecule has 0 unspecified atom stereocenters. The number of halogens is 1. The van der Waals surface area contributed by atoms with Gasteiger partial charge in [0.1, 0.15) is 12.3 Å². The maximum atomic E-state index is 12.2. The van der Waals surface area contributed by atoms with E-state index >= 15 is 0 Å². The molecule has 3 aromatic rings. The van der Waals surface area contributed by atoms with Crippen LogP contribution in [0.5, 0.6) is 0 Å². The van der Waals surface area contributed by atoms with Crippen molar-refractivity contribution in [3.8, 4) is 11.3 Å². The van der Waals surface area contributed by atoms with Crippen molar-refractivity contribution in [2.75, 3.05) is 0 Å². The van der Waals surface area contributed by atoms with Crippen LogP contribution in [0.3, 0.4) is 0 Å². The maximum absolute atomic E-state index is 12.2. The molecule has 3 rings (SSSR count). The van der Waals surface area contributed by atoms with E-state index in [4.69, 9.17) is 16.3 Å². The molecule has 0 N–H and O–H groups in total. The third kappa shape index (κ3) is 3.32. The monoisotopic (exact) mass is 330 g/mol. The van der Waals surface area contributed by atoms with Crippen LogP contribution in [0.4, 0.5) is 0 Å². The largest absolute Gasteiger partial charge is 0.457 e. The Morgan fingerprint density at radius 2 is 1.95 bits per heavy atom. The van der Waals surface area contributed by atoms with Crippen molar-refractivity contribution in [3.63, 3.8) is 0 Å². The molecule has 0 amide bonds. The zero-order valence-electron chi connectivity index (χ0n) is 11.4. The molecule has 0 bridgehead atoms. The molecule has 4 nitrogen and oxygen atoms in total. The normalized spacial score (nSPS) is 10.4. The van der Waals surface area contributed by atoms with E-state index in [9.17, 15) is 4.79 Å². The number of ether oxygens (including phenoxy) is 1. The van der Waals surface area contributed by atoms with Gasteiger partial charge in [-0.2, -0.15) is 0 Å². The van der Waals surface area contributed by atoms with Gasteiger partial charge in [0, 0.05) is 10.6 Å². The average molecular weight is 331 g/mol. The number of carbonyl (C=O) groups excluding carboxylic acids is 1. The Kier molecular flexibility index (Phi) is 4.46.